The van der Waals surface area contributed by atoms with Gasteiger partial charge in [0.1, 0.15) is 5.92 Å². The molecular formula is C14H27NO4Si. The average molecular weight is 301 g/mol. The summed E-state index contributed by atoms with van der Waals surface area (Å²) in [5, 5.41) is 9.48. The van der Waals surface area contributed by atoms with Crippen LogP contribution in [0.15, 0.2) is 0 Å². The van der Waals surface area contributed by atoms with Crippen LogP contribution < -0.4 is 0 Å². The van der Waals surface area contributed by atoms with Gasteiger partial charge in [0.2, 0.25) is 5.91 Å². The molecule has 0 spiro atoms. The number of carbonyl (C=O) groups excluding carboxylic acids is 1. The lowest BCUT2D eigenvalue weighted by molar-refractivity contribution is -0.250. The summed E-state index contributed by atoms with van der Waals surface area (Å²) in [7, 11) is -1.51. The lowest BCUT2D eigenvalue weighted by atomic mass is 9.63. The summed E-state index contributed by atoms with van der Waals surface area (Å²) in [6, 6.07) is 0. The third-order valence-corrected chi connectivity index (χ3v) is 4.80. The van der Waals surface area contributed by atoms with Crippen LogP contribution in [0.1, 0.15) is 34.6 Å². The van der Waals surface area contributed by atoms with Crippen LogP contribution >= 0.6 is 0 Å². The van der Waals surface area contributed by atoms with E-state index in [1.54, 1.807) is 11.8 Å². The Hall–Kier alpha value is -0.883. The minimum absolute atomic E-state index is 0.00255. The van der Waals surface area contributed by atoms with Gasteiger partial charge in [0.25, 0.3) is 0 Å². The first kappa shape index (κ1) is 17.2. The molecule has 116 valence electrons. The van der Waals surface area contributed by atoms with Gasteiger partial charge >= 0.3 is 5.97 Å². The molecule has 20 heavy (non-hydrogen) atoms. The number of amides is 1. The van der Waals surface area contributed by atoms with E-state index in [1.807, 2.05) is 40.8 Å². The smallest absolute Gasteiger partial charge is 0.311 e. The third kappa shape index (κ3) is 2.51. The fourth-order valence-corrected chi connectivity index (χ4v) is 4.48. The molecule has 1 aliphatic rings. The molecule has 1 heterocycles. The highest BCUT2D eigenvalue weighted by atomic mass is 28.3. The van der Waals surface area contributed by atoms with Gasteiger partial charge in [-0.1, -0.05) is 20.8 Å². The van der Waals surface area contributed by atoms with E-state index in [0.29, 0.717) is 6.54 Å². The molecule has 0 radical (unpaired) electrons. The highest BCUT2D eigenvalue weighted by Gasteiger charge is 2.68. The fraction of sp³-hybridized carbons (Fsp3) is 0.857. The molecule has 3 unspecified atom stereocenters. The van der Waals surface area contributed by atoms with Crippen molar-refractivity contribution in [2.45, 2.75) is 53.4 Å². The zero-order chi connectivity index (χ0) is 15.9. The van der Waals surface area contributed by atoms with E-state index < -0.39 is 32.6 Å². The van der Waals surface area contributed by atoms with Gasteiger partial charge in [0, 0.05) is 6.54 Å². The van der Waals surface area contributed by atoms with Crippen LogP contribution in [0.2, 0.25) is 13.1 Å². The van der Waals surface area contributed by atoms with Crippen molar-refractivity contribution in [3.8, 4) is 0 Å². The average Bonchev–Trinajstić information content (AvgIpc) is 2.24. The van der Waals surface area contributed by atoms with Crippen LogP contribution in [0.25, 0.3) is 0 Å². The second-order valence-corrected chi connectivity index (χ2v) is 9.19. The van der Waals surface area contributed by atoms with Crippen molar-refractivity contribution in [3.63, 3.8) is 0 Å². The SMILES string of the molecule is CCN1C(=O)C(C(C)(C)C)C1(O[SiH](C)C)C(C)C(=O)O. The fourth-order valence-electron chi connectivity index (χ4n) is 3.26. The van der Waals surface area contributed by atoms with E-state index in [9.17, 15) is 14.7 Å². The lowest BCUT2D eigenvalue weighted by Crippen LogP contribution is -2.79. The third-order valence-electron chi connectivity index (χ3n) is 3.95. The van der Waals surface area contributed by atoms with Gasteiger partial charge in [0.05, 0.1) is 5.92 Å². The summed E-state index contributed by atoms with van der Waals surface area (Å²) < 4.78 is 6.17. The number of aliphatic carboxylic acids is 1. The number of carbonyl (C=O) groups is 2. The molecule has 0 aromatic carbocycles. The molecule has 0 saturated carbocycles. The number of hydrogen-bond acceptors (Lipinski definition) is 3. The van der Waals surface area contributed by atoms with E-state index in [0.717, 1.165) is 0 Å². The van der Waals surface area contributed by atoms with Gasteiger partial charge in [-0.25, -0.2) is 0 Å². The van der Waals surface area contributed by atoms with E-state index in [2.05, 4.69) is 0 Å². The second kappa shape index (κ2) is 5.48. The standard InChI is InChI=1S/C14H27NO4Si/c1-8-15-11(16)10(13(3,4)5)14(15,19-20(6)7)9(2)12(17)18/h9-10,20H,8H2,1-7H3,(H,17,18). The predicted octanol–water partition coefficient (Wildman–Crippen LogP) is 1.93. The number of nitrogens with zero attached hydrogens (tertiary/aromatic N) is 1. The highest BCUT2D eigenvalue weighted by molar-refractivity contribution is 6.48. The van der Waals surface area contributed by atoms with E-state index in [1.165, 1.54) is 0 Å². The summed E-state index contributed by atoms with van der Waals surface area (Å²) >= 11 is 0. The molecule has 1 rings (SSSR count). The molecule has 0 bridgehead atoms. The molecule has 0 aromatic rings. The van der Waals surface area contributed by atoms with Crippen LogP contribution in [0, 0.1) is 17.3 Å². The van der Waals surface area contributed by atoms with Crippen LogP contribution in [0.3, 0.4) is 0 Å². The van der Waals surface area contributed by atoms with Crippen molar-refractivity contribution in [2.24, 2.45) is 17.3 Å². The minimum Gasteiger partial charge on any atom is -0.481 e. The Morgan fingerprint density at radius 3 is 2.30 bits per heavy atom. The number of likely N-dealkylation sites (tertiary alicyclic amines) is 1. The maximum Gasteiger partial charge on any atom is 0.311 e. The van der Waals surface area contributed by atoms with Gasteiger partial charge in [-0.2, -0.15) is 0 Å². The number of hydrogen-bond donors (Lipinski definition) is 1. The molecule has 1 amide bonds. The van der Waals surface area contributed by atoms with E-state index in [-0.39, 0.29) is 11.3 Å². The Morgan fingerprint density at radius 1 is 1.50 bits per heavy atom. The summed E-state index contributed by atoms with van der Waals surface area (Å²) in [5.74, 6) is -2.06. The zero-order valence-electron chi connectivity index (χ0n) is 13.6. The Morgan fingerprint density at radius 2 is 2.00 bits per heavy atom. The van der Waals surface area contributed by atoms with Gasteiger partial charge in [-0.05, 0) is 32.4 Å². The van der Waals surface area contributed by atoms with Crippen LogP contribution in [-0.2, 0) is 14.0 Å². The van der Waals surface area contributed by atoms with E-state index in [4.69, 9.17) is 4.43 Å². The summed E-state index contributed by atoms with van der Waals surface area (Å²) in [6.45, 7) is 13.9. The Labute approximate surface area is 123 Å². The number of rotatable bonds is 5. The monoisotopic (exact) mass is 301 g/mol. The van der Waals surface area contributed by atoms with Gasteiger partial charge in [-0.3, -0.25) is 9.59 Å². The Balaban J connectivity index is 3.36. The first-order valence-electron chi connectivity index (χ1n) is 7.22. The molecule has 1 aliphatic heterocycles. The van der Waals surface area contributed by atoms with Crippen molar-refractivity contribution in [1.29, 1.82) is 0 Å². The van der Waals surface area contributed by atoms with Crippen molar-refractivity contribution in [2.75, 3.05) is 6.54 Å². The van der Waals surface area contributed by atoms with Crippen LogP contribution in [-0.4, -0.2) is 43.2 Å². The lowest BCUT2D eigenvalue weighted by Gasteiger charge is -2.63. The minimum atomic E-state index is -1.51. The van der Waals surface area contributed by atoms with Crippen molar-refractivity contribution >= 4 is 20.9 Å². The number of β-lactam (4-membered cyclic amide) rings is 1. The summed E-state index contributed by atoms with van der Waals surface area (Å²) in [6.07, 6.45) is 0. The van der Waals surface area contributed by atoms with Gasteiger partial charge in [-0.15, -0.1) is 0 Å². The van der Waals surface area contributed by atoms with Crippen LogP contribution in [0.4, 0.5) is 0 Å². The van der Waals surface area contributed by atoms with Crippen molar-refractivity contribution < 1.29 is 19.1 Å². The maximum absolute atomic E-state index is 12.4. The largest absolute Gasteiger partial charge is 0.481 e. The first-order chi connectivity index (χ1) is 9.00. The topological polar surface area (TPSA) is 66.8 Å². The summed E-state index contributed by atoms with van der Waals surface area (Å²) in [4.78, 5) is 25.6. The molecule has 1 N–H and O–H groups in total. The van der Waals surface area contributed by atoms with Gasteiger partial charge < -0.3 is 14.4 Å². The maximum atomic E-state index is 12.4. The molecule has 6 heteroatoms. The molecule has 5 nitrogen and oxygen atoms in total. The second-order valence-electron chi connectivity index (χ2n) is 6.86. The van der Waals surface area contributed by atoms with Crippen molar-refractivity contribution in [1.82, 2.24) is 4.90 Å². The Bertz CT molecular complexity index is 400. The molecule has 0 aliphatic carbocycles. The summed E-state index contributed by atoms with van der Waals surface area (Å²) in [5.41, 5.74) is -1.31. The Kier molecular flexibility index (Phi) is 4.71. The molecule has 3 atom stereocenters. The number of carboxylic acid groups (broad SMARTS) is 1. The van der Waals surface area contributed by atoms with Crippen molar-refractivity contribution in [3.05, 3.63) is 0 Å². The number of carboxylic acids is 1. The first-order valence-corrected chi connectivity index (χ1v) is 10.00. The van der Waals surface area contributed by atoms with Crippen LogP contribution in [0.5, 0.6) is 0 Å². The highest BCUT2D eigenvalue weighted by Crippen LogP contribution is 2.52. The van der Waals surface area contributed by atoms with E-state index >= 15 is 0 Å². The molecular weight excluding hydrogens is 274 g/mol. The quantitative estimate of drug-likeness (QED) is 0.622. The van der Waals surface area contributed by atoms with Gasteiger partial charge in [0.15, 0.2) is 14.8 Å². The molecule has 1 fully saturated rings. The molecule has 1 saturated heterocycles. The predicted molar refractivity (Wildman–Crippen MR) is 79.8 cm³/mol. The molecule has 0 aromatic heterocycles. The zero-order valence-corrected chi connectivity index (χ0v) is 14.7. The normalized spacial score (nSPS) is 28.5.